The van der Waals surface area contributed by atoms with Gasteiger partial charge in [-0.25, -0.2) is 9.97 Å². The van der Waals surface area contributed by atoms with E-state index in [4.69, 9.17) is 31.0 Å². The van der Waals surface area contributed by atoms with Gasteiger partial charge in [-0.05, 0) is 37.8 Å². The largest absolute Gasteiger partial charge is 0.492 e. The van der Waals surface area contributed by atoms with Crippen molar-refractivity contribution in [3.05, 3.63) is 35.7 Å². The molecule has 4 nitrogen and oxygen atoms in total. The van der Waals surface area contributed by atoms with E-state index in [0.29, 0.717) is 18.4 Å². The Morgan fingerprint density at radius 2 is 1.74 bits per heavy atom. The van der Waals surface area contributed by atoms with Crippen LogP contribution in [0.4, 0.5) is 0 Å². The number of aromatic nitrogens is 2. The smallest absolute Gasteiger partial charge is 0.236 e. The van der Waals surface area contributed by atoms with Gasteiger partial charge in [0.1, 0.15) is 24.2 Å². The maximum Gasteiger partial charge on any atom is 0.236 e. The zero-order valence-corrected chi connectivity index (χ0v) is 17.7. The van der Waals surface area contributed by atoms with Gasteiger partial charge in [0.2, 0.25) is 5.88 Å². The van der Waals surface area contributed by atoms with Crippen molar-refractivity contribution >= 4 is 11.6 Å². The lowest BCUT2D eigenvalue weighted by Gasteiger charge is -2.20. The van der Waals surface area contributed by atoms with E-state index in [-0.39, 0.29) is 6.10 Å². The zero-order valence-electron chi connectivity index (χ0n) is 16.9. The van der Waals surface area contributed by atoms with Crippen molar-refractivity contribution in [1.29, 1.82) is 0 Å². The Kier molecular flexibility index (Phi) is 8.86. The Labute approximate surface area is 168 Å². The van der Waals surface area contributed by atoms with Gasteiger partial charge in [0.05, 0.1) is 17.3 Å². The molecule has 0 bridgehead atoms. The lowest BCUT2D eigenvalue weighted by molar-refractivity contribution is 0.175. The van der Waals surface area contributed by atoms with Crippen LogP contribution < -0.4 is 9.47 Å². The molecule has 0 saturated carbocycles. The topological polar surface area (TPSA) is 44.2 Å². The highest BCUT2D eigenvalue weighted by molar-refractivity contribution is 6.18. The molecule has 1 aromatic carbocycles. The average molecular weight is 391 g/mol. The van der Waals surface area contributed by atoms with Crippen LogP contribution in [0.5, 0.6) is 11.6 Å². The first kappa shape index (κ1) is 21.5. The summed E-state index contributed by atoms with van der Waals surface area (Å²) in [6.45, 7) is 8.97. The van der Waals surface area contributed by atoms with E-state index in [1.165, 1.54) is 0 Å². The number of benzene rings is 1. The molecule has 2 aromatic rings. The highest BCUT2D eigenvalue weighted by atomic mass is 35.5. The summed E-state index contributed by atoms with van der Waals surface area (Å²) < 4.78 is 12.1. The second-order valence-corrected chi connectivity index (χ2v) is 6.83. The van der Waals surface area contributed by atoms with Crippen LogP contribution in [0.25, 0.3) is 11.3 Å². The molecule has 5 heteroatoms. The molecule has 2 rings (SSSR count). The van der Waals surface area contributed by atoms with Crippen molar-refractivity contribution in [2.75, 3.05) is 12.5 Å². The molecule has 1 aromatic heterocycles. The van der Waals surface area contributed by atoms with E-state index >= 15 is 0 Å². The van der Waals surface area contributed by atoms with Gasteiger partial charge in [0, 0.05) is 5.56 Å². The van der Waals surface area contributed by atoms with Gasteiger partial charge in [-0.2, -0.15) is 0 Å². The van der Waals surface area contributed by atoms with Gasteiger partial charge in [-0.3, -0.25) is 0 Å². The van der Waals surface area contributed by atoms with E-state index < -0.39 is 0 Å². The van der Waals surface area contributed by atoms with Crippen molar-refractivity contribution in [2.45, 2.75) is 65.9 Å². The van der Waals surface area contributed by atoms with Crippen molar-refractivity contribution in [3.63, 3.8) is 0 Å². The Morgan fingerprint density at radius 1 is 1.00 bits per heavy atom. The molecule has 148 valence electrons. The third-order valence-electron chi connectivity index (χ3n) is 4.49. The predicted octanol–water partition coefficient (Wildman–Crippen LogP) is 5.84. The zero-order chi connectivity index (χ0) is 19.6. The Hall–Kier alpha value is -1.81. The normalized spacial score (nSPS) is 12.0. The summed E-state index contributed by atoms with van der Waals surface area (Å²) in [6, 6.07) is 7.93. The van der Waals surface area contributed by atoms with Crippen molar-refractivity contribution in [1.82, 2.24) is 9.97 Å². The van der Waals surface area contributed by atoms with Crippen molar-refractivity contribution in [3.8, 4) is 22.9 Å². The fraction of sp³-hybridized carbons (Fsp3) is 0.545. The number of ether oxygens (including phenoxy) is 2. The minimum Gasteiger partial charge on any atom is -0.492 e. The Bertz CT molecular complexity index is 721. The SMILES string of the molecule is CCCC(CC)Oc1nc(CC)c(-c2ccccc2OCCCl)nc1CC. The molecule has 0 spiro atoms. The molecule has 27 heavy (non-hydrogen) atoms. The Balaban J connectivity index is 2.47. The highest BCUT2D eigenvalue weighted by Gasteiger charge is 2.19. The number of nitrogens with zero attached hydrogens (tertiary/aromatic N) is 2. The van der Waals surface area contributed by atoms with Crippen LogP contribution in [-0.2, 0) is 12.8 Å². The van der Waals surface area contributed by atoms with Crippen LogP contribution in [0.1, 0.15) is 58.3 Å². The third kappa shape index (κ3) is 5.58. The molecule has 0 saturated heterocycles. The molecule has 0 aliphatic heterocycles. The number of para-hydroxylation sites is 1. The quantitative estimate of drug-likeness (QED) is 0.452. The first-order valence-electron chi connectivity index (χ1n) is 10.0. The van der Waals surface area contributed by atoms with E-state index in [1.807, 2.05) is 24.3 Å². The van der Waals surface area contributed by atoms with Gasteiger partial charge in [0.25, 0.3) is 0 Å². The highest BCUT2D eigenvalue weighted by Crippen LogP contribution is 2.33. The lowest BCUT2D eigenvalue weighted by atomic mass is 10.1. The van der Waals surface area contributed by atoms with Gasteiger partial charge in [0.15, 0.2) is 0 Å². The summed E-state index contributed by atoms with van der Waals surface area (Å²) in [7, 11) is 0. The maximum atomic E-state index is 6.23. The molecule has 0 fully saturated rings. The predicted molar refractivity (Wildman–Crippen MR) is 112 cm³/mol. The molecule has 1 heterocycles. The molecule has 0 N–H and O–H groups in total. The molecule has 1 atom stereocenters. The van der Waals surface area contributed by atoms with Crippen LogP contribution in [0.15, 0.2) is 24.3 Å². The number of hydrogen-bond donors (Lipinski definition) is 0. The van der Waals surface area contributed by atoms with E-state index in [9.17, 15) is 0 Å². The number of alkyl halides is 1. The van der Waals surface area contributed by atoms with E-state index in [0.717, 1.165) is 60.5 Å². The second-order valence-electron chi connectivity index (χ2n) is 6.45. The average Bonchev–Trinajstić information content (AvgIpc) is 2.71. The number of hydrogen-bond acceptors (Lipinski definition) is 4. The fourth-order valence-electron chi connectivity index (χ4n) is 3.04. The summed E-state index contributed by atoms with van der Waals surface area (Å²) in [5, 5.41) is 0. The number of halogens is 1. The second kappa shape index (κ2) is 11.1. The van der Waals surface area contributed by atoms with Gasteiger partial charge >= 0.3 is 0 Å². The minimum absolute atomic E-state index is 0.185. The monoisotopic (exact) mass is 390 g/mol. The van der Waals surface area contributed by atoms with Crippen LogP contribution in [0.2, 0.25) is 0 Å². The molecule has 0 aliphatic rings. The molecular formula is C22H31ClN2O2. The van der Waals surface area contributed by atoms with Gasteiger partial charge < -0.3 is 9.47 Å². The van der Waals surface area contributed by atoms with Crippen molar-refractivity contribution in [2.24, 2.45) is 0 Å². The summed E-state index contributed by atoms with van der Waals surface area (Å²) in [6.07, 6.45) is 4.82. The van der Waals surface area contributed by atoms with Gasteiger partial charge in [-0.15, -0.1) is 11.6 Å². The first-order chi connectivity index (χ1) is 13.2. The maximum absolute atomic E-state index is 6.23. The standard InChI is InChI=1S/C22H31ClN2O2/c1-5-11-16(6-2)27-22-19(8-4)24-21(18(7-3)25-22)17-12-9-10-13-20(17)26-15-14-23/h9-10,12-13,16H,5-8,11,14-15H2,1-4H3. The first-order valence-corrected chi connectivity index (χ1v) is 10.6. The van der Waals surface area contributed by atoms with Crippen molar-refractivity contribution < 1.29 is 9.47 Å². The minimum atomic E-state index is 0.185. The summed E-state index contributed by atoms with van der Waals surface area (Å²) in [4.78, 5) is 9.81. The van der Waals surface area contributed by atoms with Gasteiger partial charge in [-0.1, -0.05) is 46.2 Å². The Morgan fingerprint density at radius 3 is 2.37 bits per heavy atom. The van der Waals surface area contributed by atoms with Crippen LogP contribution in [0, 0.1) is 0 Å². The third-order valence-corrected chi connectivity index (χ3v) is 4.65. The van der Waals surface area contributed by atoms with Crippen LogP contribution in [0.3, 0.4) is 0 Å². The molecule has 1 unspecified atom stereocenters. The lowest BCUT2D eigenvalue weighted by Crippen LogP contribution is -2.18. The van der Waals surface area contributed by atoms with E-state index in [1.54, 1.807) is 0 Å². The van der Waals surface area contributed by atoms with Crippen LogP contribution in [-0.4, -0.2) is 28.6 Å². The summed E-state index contributed by atoms with van der Waals surface area (Å²) in [5.41, 5.74) is 3.64. The molecule has 0 radical (unpaired) electrons. The van der Waals surface area contributed by atoms with Crippen LogP contribution >= 0.6 is 11.6 Å². The van der Waals surface area contributed by atoms with E-state index in [2.05, 4.69) is 27.7 Å². The molecule has 0 amide bonds. The number of rotatable bonds is 11. The molecule has 0 aliphatic carbocycles. The summed E-state index contributed by atoms with van der Waals surface area (Å²) >= 11 is 5.80. The molecular weight excluding hydrogens is 360 g/mol. The summed E-state index contributed by atoms with van der Waals surface area (Å²) in [5.74, 6) is 1.91. The number of aryl methyl sites for hydroxylation is 2. The fourth-order valence-corrected chi connectivity index (χ4v) is 3.11.